The van der Waals surface area contributed by atoms with Crippen LogP contribution in [0.5, 0.6) is 0 Å². The van der Waals surface area contributed by atoms with Gasteiger partial charge in [-0.3, -0.25) is 4.90 Å². The molecular weight excluding hydrogens is 212 g/mol. The third-order valence-corrected chi connectivity index (χ3v) is 3.27. The van der Waals surface area contributed by atoms with Gasteiger partial charge < -0.3 is 10.4 Å². The highest BCUT2D eigenvalue weighted by Crippen LogP contribution is 2.10. The third-order valence-electron chi connectivity index (χ3n) is 3.27. The lowest BCUT2D eigenvalue weighted by atomic mass is 10.1. The van der Waals surface area contributed by atoms with E-state index in [4.69, 9.17) is 5.11 Å². The molecule has 0 rings (SSSR count). The van der Waals surface area contributed by atoms with E-state index in [9.17, 15) is 0 Å². The lowest BCUT2D eigenvalue weighted by Crippen LogP contribution is -2.42. The second kappa shape index (κ2) is 9.86. The molecule has 17 heavy (non-hydrogen) atoms. The van der Waals surface area contributed by atoms with Crippen LogP contribution < -0.4 is 5.32 Å². The van der Waals surface area contributed by atoms with Crippen LogP contribution in [0.4, 0.5) is 0 Å². The van der Waals surface area contributed by atoms with Crippen LogP contribution in [0, 0.1) is 5.92 Å². The summed E-state index contributed by atoms with van der Waals surface area (Å²) in [7, 11) is 0. The van der Waals surface area contributed by atoms with Crippen LogP contribution in [0.25, 0.3) is 0 Å². The van der Waals surface area contributed by atoms with Crippen molar-refractivity contribution < 1.29 is 5.11 Å². The summed E-state index contributed by atoms with van der Waals surface area (Å²) in [5, 5.41) is 12.6. The number of aliphatic hydroxyl groups is 1. The lowest BCUT2D eigenvalue weighted by Gasteiger charge is -2.32. The first-order valence-electron chi connectivity index (χ1n) is 7.13. The van der Waals surface area contributed by atoms with Gasteiger partial charge in [0.25, 0.3) is 0 Å². The van der Waals surface area contributed by atoms with E-state index in [1.807, 2.05) is 0 Å². The van der Waals surface area contributed by atoms with Crippen molar-refractivity contribution in [2.75, 3.05) is 26.2 Å². The van der Waals surface area contributed by atoms with Gasteiger partial charge in [0.1, 0.15) is 0 Å². The van der Waals surface area contributed by atoms with Crippen LogP contribution in [0.15, 0.2) is 0 Å². The Morgan fingerprint density at radius 1 is 1.12 bits per heavy atom. The lowest BCUT2D eigenvalue weighted by molar-refractivity contribution is 0.126. The van der Waals surface area contributed by atoms with Crippen molar-refractivity contribution in [1.82, 2.24) is 10.2 Å². The van der Waals surface area contributed by atoms with Crippen LogP contribution in [-0.2, 0) is 0 Å². The molecule has 104 valence electrons. The predicted octanol–water partition coefficient (Wildman–Crippen LogP) is 2.10. The quantitative estimate of drug-likeness (QED) is 0.618. The maximum absolute atomic E-state index is 9.15. The molecule has 0 saturated carbocycles. The minimum absolute atomic E-state index is 0.265. The van der Waals surface area contributed by atoms with Gasteiger partial charge in [0, 0.05) is 25.2 Å². The Balaban J connectivity index is 4.13. The molecule has 2 N–H and O–H groups in total. The van der Waals surface area contributed by atoms with Crippen LogP contribution in [-0.4, -0.2) is 48.3 Å². The molecule has 0 aromatic rings. The predicted molar refractivity (Wildman–Crippen MR) is 75.3 cm³/mol. The molecule has 3 heteroatoms. The highest BCUT2D eigenvalue weighted by molar-refractivity contribution is 4.72. The van der Waals surface area contributed by atoms with Gasteiger partial charge in [-0.15, -0.1) is 0 Å². The number of aliphatic hydroxyl groups excluding tert-OH is 1. The minimum Gasteiger partial charge on any atom is -0.395 e. The molecule has 0 spiro atoms. The molecule has 0 aromatic carbocycles. The number of hydrogen-bond donors (Lipinski definition) is 2. The van der Waals surface area contributed by atoms with E-state index in [1.54, 1.807) is 0 Å². The van der Waals surface area contributed by atoms with E-state index in [1.165, 1.54) is 12.8 Å². The number of rotatable bonds is 10. The normalized spacial score (nSPS) is 13.9. The summed E-state index contributed by atoms with van der Waals surface area (Å²) in [6.07, 6.45) is 2.33. The molecule has 0 fully saturated rings. The smallest absolute Gasteiger partial charge is 0.0558 e. The van der Waals surface area contributed by atoms with Crippen LogP contribution in [0.1, 0.15) is 47.5 Å². The highest BCUT2D eigenvalue weighted by atomic mass is 16.3. The van der Waals surface area contributed by atoms with E-state index in [0.717, 1.165) is 19.6 Å². The van der Waals surface area contributed by atoms with Gasteiger partial charge in [0.15, 0.2) is 0 Å². The van der Waals surface area contributed by atoms with Gasteiger partial charge in [0.2, 0.25) is 0 Å². The van der Waals surface area contributed by atoms with Crippen molar-refractivity contribution in [3.63, 3.8) is 0 Å². The zero-order valence-corrected chi connectivity index (χ0v) is 12.4. The molecule has 1 atom stereocenters. The molecule has 0 saturated heterocycles. The minimum atomic E-state index is 0.265. The Morgan fingerprint density at radius 3 is 2.12 bits per heavy atom. The first kappa shape index (κ1) is 16.9. The summed E-state index contributed by atoms with van der Waals surface area (Å²) >= 11 is 0. The first-order chi connectivity index (χ1) is 8.04. The van der Waals surface area contributed by atoms with E-state index < -0.39 is 0 Å². The summed E-state index contributed by atoms with van der Waals surface area (Å²) in [4.78, 5) is 2.44. The largest absolute Gasteiger partial charge is 0.395 e. The van der Waals surface area contributed by atoms with E-state index in [2.05, 4.69) is 44.8 Å². The molecule has 0 aromatic heterocycles. The standard InChI is InChI=1S/C14H32N2O/c1-6-14(7-2)16(8-9-17)11-13(5)10-15-12(3)4/h12-15,17H,6-11H2,1-5H3. The van der Waals surface area contributed by atoms with Crippen LogP contribution in [0.3, 0.4) is 0 Å². The molecule has 0 aliphatic rings. The fourth-order valence-corrected chi connectivity index (χ4v) is 2.26. The van der Waals surface area contributed by atoms with Crippen molar-refractivity contribution in [3.05, 3.63) is 0 Å². The molecule has 0 radical (unpaired) electrons. The fourth-order valence-electron chi connectivity index (χ4n) is 2.26. The van der Waals surface area contributed by atoms with Crippen LogP contribution in [0.2, 0.25) is 0 Å². The zero-order chi connectivity index (χ0) is 13.3. The van der Waals surface area contributed by atoms with Gasteiger partial charge >= 0.3 is 0 Å². The van der Waals surface area contributed by atoms with Crippen molar-refractivity contribution >= 4 is 0 Å². The van der Waals surface area contributed by atoms with Gasteiger partial charge in [-0.05, 0) is 25.3 Å². The van der Waals surface area contributed by atoms with Gasteiger partial charge in [-0.1, -0.05) is 34.6 Å². The first-order valence-corrected chi connectivity index (χ1v) is 7.13. The van der Waals surface area contributed by atoms with Crippen molar-refractivity contribution in [1.29, 1.82) is 0 Å². The maximum atomic E-state index is 9.15. The molecule has 1 unspecified atom stereocenters. The Morgan fingerprint density at radius 2 is 1.71 bits per heavy atom. The van der Waals surface area contributed by atoms with Crippen molar-refractivity contribution in [2.45, 2.75) is 59.5 Å². The van der Waals surface area contributed by atoms with Crippen molar-refractivity contribution in [3.8, 4) is 0 Å². The molecule has 0 aliphatic heterocycles. The summed E-state index contributed by atoms with van der Waals surface area (Å²) in [6.45, 7) is 14.3. The molecule has 0 aliphatic carbocycles. The Hall–Kier alpha value is -0.120. The number of hydrogen-bond acceptors (Lipinski definition) is 3. The second-order valence-electron chi connectivity index (χ2n) is 5.36. The number of nitrogens with one attached hydrogen (secondary N) is 1. The molecular formula is C14H32N2O. The average molecular weight is 244 g/mol. The van der Waals surface area contributed by atoms with E-state index in [0.29, 0.717) is 18.0 Å². The highest BCUT2D eigenvalue weighted by Gasteiger charge is 2.17. The molecule has 0 heterocycles. The second-order valence-corrected chi connectivity index (χ2v) is 5.36. The topological polar surface area (TPSA) is 35.5 Å². The third kappa shape index (κ3) is 7.74. The SMILES string of the molecule is CCC(CC)N(CCO)CC(C)CNC(C)C. The Bertz CT molecular complexity index is 170. The Labute approximate surface area is 108 Å². The summed E-state index contributed by atoms with van der Waals surface area (Å²) in [6, 6.07) is 1.17. The fraction of sp³-hybridized carbons (Fsp3) is 1.00. The summed E-state index contributed by atoms with van der Waals surface area (Å²) in [5.41, 5.74) is 0. The van der Waals surface area contributed by atoms with Gasteiger partial charge in [0.05, 0.1) is 6.61 Å². The molecule has 3 nitrogen and oxygen atoms in total. The average Bonchev–Trinajstić information content (AvgIpc) is 2.28. The summed E-state index contributed by atoms with van der Waals surface area (Å²) in [5.74, 6) is 0.629. The van der Waals surface area contributed by atoms with Gasteiger partial charge in [-0.2, -0.15) is 0 Å². The molecule has 0 bridgehead atoms. The Kier molecular flexibility index (Phi) is 9.79. The van der Waals surface area contributed by atoms with Gasteiger partial charge in [-0.25, -0.2) is 0 Å². The zero-order valence-electron chi connectivity index (χ0n) is 12.4. The monoisotopic (exact) mass is 244 g/mol. The van der Waals surface area contributed by atoms with E-state index in [-0.39, 0.29) is 6.61 Å². The van der Waals surface area contributed by atoms with Crippen LogP contribution >= 0.6 is 0 Å². The summed E-state index contributed by atoms with van der Waals surface area (Å²) < 4.78 is 0. The molecule has 0 amide bonds. The van der Waals surface area contributed by atoms with E-state index >= 15 is 0 Å². The van der Waals surface area contributed by atoms with Crippen molar-refractivity contribution in [2.24, 2.45) is 5.92 Å². The maximum Gasteiger partial charge on any atom is 0.0558 e. The number of nitrogens with zero attached hydrogens (tertiary/aromatic N) is 1.